The molecule has 0 aliphatic carbocycles. The van der Waals surface area contributed by atoms with Gasteiger partial charge in [0.15, 0.2) is 5.17 Å². The Morgan fingerprint density at radius 1 is 1.16 bits per heavy atom. The Kier molecular flexibility index (Phi) is 4.28. The largest absolute Gasteiger partial charge is 0.326 e. The van der Waals surface area contributed by atoms with E-state index >= 15 is 0 Å². The van der Waals surface area contributed by atoms with Crippen molar-refractivity contribution in [3.63, 3.8) is 0 Å². The maximum Gasteiger partial charge on any atom is 0.228 e. The third kappa shape index (κ3) is 3.44. The topological polar surface area (TPSA) is 44.7 Å². The van der Waals surface area contributed by atoms with Crippen molar-refractivity contribution < 1.29 is 9.18 Å². The summed E-state index contributed by atoms with van der Waals surface area (Å²) < 4.78 is 12.9. The molecule has 0 unspecified atom stereocenters. The van der Waals surface area contributed by atoms with Crippen LogP contribution in [0.1, 0.15) is 11.1 Å². The first-order valence-electron chi connectivity index (χ1n) is 8.02. The molecule has 0 fully saturated rings. The van der Waals surface area contributed by atoms with Crippen LogP contribution in [0.5, 0.6) is 0 Å². The summed E-state index contributed by atoms with van der Waals surface area (Å²) >= 11 is 1.65. The molecule has 4 rings (SSSR count). The van der Waals surface area contributed by atoms with E-state index in [0.29, 0.717) is 0 Å². The summed E-state index contributed by atoms with van der Waals surface area (Å²) in [6.07, 6.45) is 0.220. The quantitative estimate of drug-likeness (QED) is 0.911. The molecule has 2 aliphatic heterocycles. The van der Waals surface area contributed by atoms with Crippen LogP contribution in [0.25, 0.3) is 5.70 Å². The number of amides is 1. The lowest BCUT2D eigenvalue weighted by Crippen LogP contribution is -2.19. The molecule has 2 aliphatic rings. The van der Waals surface area contributed by atoms with Gasteiger partial charge in [0.1, 0.15) is 5.82 Å². The van der Waals surface area contributed by atoms with Crippen LogP contribution in [0.3, 0.4) is 0 Å². The third-order valence-corrected chi connectivity index (χ3v) is 5.01. The molecule has 25 heavy (non-hydrogen) atoms. The van der Waals surface area contributed by atoms with Crippen LogP contribution in [-0.4, -0.2) is 29.1 Å². The van der Waals surface area contributed by atoms with E-state index in [1.807, 2.05) is 24.3 Å². The number of carbonyl (C=O) groups excluding carboxylic acids is 1. The summed E-state index contributed by atoms with van der Waals surface area (Å²) in [4.78, 5) is 18.8. The molecule has 4 nitrogen and oxygen atoms in total. The maximum absolute atomic E-state index is 12.9. The number of anilines is 1. The van der Waals surface area contributed by atoms with Crippen molar-refractivity contribution in [3.8, 4) is 0 Å². The van der Waals surface area contributed by atoms with Crippen molar-refractivity contribution in [2.45, 2.75) is 6.42 Å². The Balaban J connectivity index is 1.40. The first-order valence-corrected chi connectivity index (χ1v) is 8.90. The summed E-state index contributed by atoms with van der Waals surface area (Å²) in [5.74, 6) is -0.422. The number of rotatable bonds is 4. The van der Waals surface area contributed by atoms with Gasteiger partial charge in [0.05, 0.1) is 18.7 Å². The fraction of sp³-hybridized carbons (Fsp3) is 0.158. The number of amidine groups is 1. The second-order valence-corrected chi connectivity index (χ2v) is 6.70. The molecule has 0 aromatic heterocycles. The van der Waals surface area contributed by atoms with Gasteiger partial charge in [-0.1, -0.05) is 36.0 Å². The summed E-state index contributed by atoms with van der Waals surface area (Å²) in [5.41, 5.74) is 3.79. The molecule has 2 aromatic rings. The van der Waals surface area contributed by atoms with Crippen LogP contribution in [0.2, 0.25) is 0 Å². The first-order chi connectivity index (χ1) is 12.2. The van der Waals surface area contributed by atoms with E-state index in [4.69, 9.17) is 0 Å². The van der Waals surface area contributed by atoms with Gasteiger partial charge in [0.2, 0.25) is 5.91 Å². The van der Waals surface area contributed by atoms with Gasteiger partial charge in [-0.05, 0) is 35.4 Å². The Hall–Kier alpha value is -2.60. The van der Waals surface area contributed by atoms with Crippen molar-refractivity contribution in [3.05, 3.63) is 70.9 Å². The molecule has 6 heteroatoms. The van der Waals surface area contributed by atoms with Crippen LogP contribution >= 0.6 is 11.8 Å². The molecular formula is C19H16FN3OS. The number of hydrogen-bond acceptors (Lipinski definition) is 4. The fourth-order valence-corrected chi connectivity index (χ4v) is 3.83. The van der Waals surface area contributed by atoms with Crippen LogP contribution in [0.4, 0.5) is 10.1 Å². The standard InChI is InChI=1S/C19H16FN3OS/c20-15-5-1-13(2-6-15)11-18(24)22-16-7-3-14(4-8-16)17-12-25-19-21-9-10-23(17)19/h1-8,12H,9-11H2,(H,22,24). The van der Waals surface area contributed by atoms with E-state index < -0.39 is 0 Å². The number of carbonyl (C=O) groups is 1. The Labute approximate surface area is 149 Å². The second-order valence-electron chi connectivity index (χ2n) is 5.87. The molecule has 1 amide bonds. The monoisotopic (exact) mass is 353 g/mol. The number of hydrogen-bond donors (Lipinski definition) is 1. The summed E-state index contributed by atoms with van der Waals surface area (Å²) in [5, 5.41) is 6.05. The number of nitrogens with zero attached hydrogens (tertiary/aromatic N) is 2. The van der Waals surface area contributed by atoms with Gasteiger partial charge in [-0.2, -0.15) is 0 Å². The predicted octanol–water partition coefficient (Wildman–Crippen LogP) is 3.72. The van der Waals surface area contributed by atoms with E-state index in [1.165, 1.54) is 12.1 Å². The van der Waals surface area contributed by atoms with Crippen LogP contribution in [0.15, 0.2) is 58.9 Å². The van der Waals surface area contributed by atoms with Crippen molar-refractivity contribution >= 4 is 34.2 Å². The van der Waals surface area contributed by atoms with Crippen molar-refractivity contribution in [2.75, 3.05) is 18.4 Å². The smallest absolute Gasteiger partial charge is 0.228 e. The predicted molar refractivity (Wildman–Crippen MR) is 99.8 cm³/mol. The van der Waals surface area contributed by atoms with Crippen molar-refractivity contribution in [1.82, 2.24) is 4.90 Å². The molecule has 0 saturated carbocycles. The highest BCUT2D eigenvalue weighted by atomic mass is 32.2. The molecule has 0 radical (unpaired) electrons. The van der Waals surface area contributed by atoms with Gasteiger partial charge in [-0.25, -0.2) is 4.39 Å². The molecule has 0 atom stereocenters. The summed E-state index contributed by atoms with van der Waals surface area (Å²) in [6.45, 7) is 1.77. The molecule has 0 bridgehead atoms. The molecule has 0 saturated heterocycles. The normalized spacial score (nSPS) is 15.6. The summed E-state index contributed by atoms with van der Waals surface area (Å²) in [7, 11) is 0. The number of fused-ring (bicyclic) bond motifs is 1. The van der Waals surface area contributed by atoms with Crippen LogP contribution in [-0.2, 0) is 11.2 Å². The van der Waals surface area contributed by atoms with E-state index in [1.54, 1.807) is 23.9 Å². The highest BCUT2D eigenvalue weighted by Gasteiger charge is 2.26. The average molecular weight is 353 g/mol. The molecule has 2 heterocycles. The summed E-state index contributed by atoms with van der Waals surface area (Å²) in [6, 6.07) is 13.8. The first kappa shape index (κ1) is 15.9. The van der Waals surface area contributed by atoms with Gasteiger partial charge >= 0.3 is 0 Å². The van der Waals surface area contributed by atoms with Gasteiger partial charge < -0.3 is 10.2 Å². The zero-order valence-corrected chi connectivity index (χ0v) is 14.2. The minimum absolute atomic E-state index is 0.121. The molecular weight excluding hydrogens is 337 g/mol. The molecule has 1 N–H and O–H groups in total. The van der Waals surface area contributed by atoms with Gasteiger partial charge in [0.25, 0.3) is 0 Å². The van der Waals surface area contributed by atoms with E-state index in [9.17, 15) is 9.18 Å². The number of benzene rings is 2. The maximum atomic E-state index is 12.9. The van der Waals surface area contributed by atoms with Crippen LogP contribution in [0, 0.1) is 5.82 Å². The Morgan fingerprint density at radius 3 is 2.68 bits per heavy atom. The fourth-order valence-electron chi connectivity index (χ4n) is 2.86. The van der Waals surface area contributed by atoms with Gasteiger partial charge in [-0.15, -0.1) is 0 Å². The zero-order valence-electron chi connectivity index (χ0n) is 13.4. The van der Waals surface area contributed by atoms with Crippen LogP contribution < -0.4 is 5.32 Å². The number of nitrogens with one attached hydrogen (secondary N) is 1. The zero-order chi connectivity index (χ0) is 17.2. The lowest BCUT2D eigenvalue weighted by atomic mass is 10.1. The minimum atomic E-state index is -0.301. The van der Waals surface area contributed by atoms with E-state index in [2.05, 4.69) is 20.6 Å². The lowest BCUT2D eigenvalue weighted by Gasteiger charge is -2.16. The lowest BCUT2D eigenvalue weighted by molar-refractivity contribution is -0.115. The van der Waals surface area contributed by atoms with Crippen molar-refractivity contribution in [2.24, 2.45) is 4.99 Å². The molecule has 2 aromatic carbocycles. The minimum Gasteiger partial charge on any atom is -0.326 e. The van der Waals surface area contributed by atoms with E-state index in [0.717, 1.165) is 40.8 Å². The number of aliphatic imine (C=N–C) groups is 1. The average Bonchev–Trinajstić information content (AvgIpc) is 3.21. The molecule has 0 spiro atoms. The number of halogens is 1. The number of thioether (sulfide) groups is 1. The van der Waals surface area contributed by atoms with Gasteiger partial charge in [-0.3, -0.25) is 9.79 Å². The Morgan fingerprint density at radius 2 is 1.92 bits per heavy atom. The Bertz CT molecular complexity index is 859. The highest BCUT2D eigenvalue weighted by Crippen LogP contribution is 2.35. The molecule has 126 valence electrons. The highest BCUT2D eigenvalue weighted by molar-refractivity contribution is 8.16. The van der Waals surface area contributed by atoms with E-state index in [-0.39, 0.29) is 18.1 Å². The SMILES string of the molecule is O=C(Cc1ccc(F)cc1)Nc1ccc(C2=CSC3=NCCN23)cc1. The third-order valence-electron chi connectivity index (χ3n) is 4.11. The van der Waals surface area contributed by atoms with Crippen molar-refractivity contribution in [1.29, 1.82) is 0 Å². The second kappa shape index (κ2) is 6.72. The van der Waals surface area contributed by atoms with Gasteiger partial charge in [0, 0.05) is 17.6 Å².